The van der Waals surface area contributed by atoms with Gasteiger partial charge in [-0.1, -0.05) is 55.5 Å². The van der Waals surface area contributed by atoms with Crippen molar-refractivity contribution in [2.45, 2.75) is 26.0 Å². The molecule has 1 aliphatic heterocycles. The molecule has 0 bridgehead atoms. The molecule has 4 aromatic rings. The van der Waals surface area contributed by atoms with Gasteiger partial charge in [0.15, 0.2) is 6.10 Å². The first-order valence-corrected chi connectivity index (χ1v) is 11.4. The Morgan fingerprint density at radius 1 is 1.03 bits per heavy atom. The molecule has 32 heavy (non-hydrogen) atoms. The van der Waals surface area contributed by atoms with E-state index in [1.165, 1.54) is 6.07 Å². The lowest BCUT2D eigenvalue weighted by molar-refractivity contribution is -0.126. The number of hydrogen-bond acceptors (Lipinski definition) is 4. The third-order valence-corrected chi connectivity index (χ3v) is 6.43. The molecule has 5 rings (SSSR count). The molecule has 4 nitrogen and oxygen atoms in total. The second kappa shape index (κ2) is 8.55. The van der Waals surface area contributed by atoms with E-state index in [0.29, 0.717) is 23.4 Å². The van der Waals surface area contributed by atoms with Gasteiger partial charge in [-0.2, -0.15) is 0 Å². The Bertz CT molecular complexity index is 1270. The van der Waals surface area contributed by atoms with Crippen LogP contribution in [0.1, 0.15) is 18.9 Å². The molecule has 0 saturated heterocycles. The van der Waals surface area contributed by atoms with Crippen molar-refractivity contribution in [3.63, 3.8) is 0 Å². The highest BCUT2D eigenvalue weighted by Gasteiger charge is 2.34. The van der Waals surface area contributed by atoms with Crippen molar-refractivity contribution in [2.24, 2.45) is 0 Å². The summed E-state index contributed by atoms with van der Waals surface area (Å²) >= 11 is 1.57. The average molecular weight is 445 g/mol. The number of carbonyl (C=O) groups excluding carboxylic acids is 1. The summed E-state index contributed by atoms with van der Waals surface area (Å²) < 4.78 is 20.3. The summed E-state index contributed by atoms with van der Waals surface area (Å²) in [7, 11) is 0. The van der Waals surface area contributed by atoms with Gasteiger partial charge in [0.2, 0.25) is 0 Å². The molecule has 1 amide bonds. The monoisotopic (exact) mass is 444 g/mol. The number of nitrogens with zero attached hydrogens (tertiary/aromatic N) is 2. The first kappa shape index (κ1) is 20.4. The molecule has 0 radical (unpaired) electrons. The van der Waals surface area contributed by atoms with Gasteiger partial charge in [-0.15, -0.1) is 11.3 Å². The number of rotatable bonds is 5. The van der Waals surface area contributed by atoms with E-state index in [1.54, 1.807) is 34.4 Å². The predicted octanol–water partition coefficient (Wildman–Crippen LogP) is 6.32. The van der Waals surface area contributed by atoms with Crippen LogP contribution in [0.15, 0.2) is 78.2 Å². The van der Waals surface area contributed by atoms with Gasteiger partial charge in [0.1, 0.15) is 16.6 Å². The molecule has 1 aromatic heterocycles. The highest BCUT2D eigenvalue weighted by Crippen LogP contribution is 2.40. The maximum Gasteiger partial charge on any atom is 0.268 e. The molecule has 6 heteroatoms. The van der Waals surface area contributed by atoms with Gasteiger partial charge in [0, 0.05) is 22.1 Å². The van der Waals surface area contributed by atoms with Crippen LogP contribution in [0.4, 0.5) is 10.1 Å². The summed E-state index contributed by atoms with van der Waals surface area (Å²) in [6.07, 6.45) is -0.0376. The zero-order chi connectivity index (χ0) is 22.1. The number of hydrogen-bond donors (Lipinski definition) is 0. The number of fused-ring (bicyclic) bond motifs is 1. The number of halogens is 1. The summed E-state index contributed by atoms with van der Waals surface area (Å²) in [6, 6.07) is 22.3. The fourth-order valence-electron chi connectivity index (χ4n) is 3.82. The molecule has 3 aromatic carbocycles. The van der Waals surface area contributed by atoms with Gasteiger partial charge >= 0.3 is 0 Å². The van der Waals surface area contributed by atoms with Crippen LogP contribution in [0.25, 0.3) is 21.8 Å². The number of carbonyl (C=O) groups is 1. The second-order valence-corrected chi connectivity index (χ2v) is 8.48. The summed E-state index contributed by atoms with van der Waals surface area (Å²) in [4.78, 5) is 19.5. The van der Waals surface area contributed by atoms with Crippen LogP contribution in [-0.4, -0.2) is 17.0 Å². The minimum absolute atomic E-state index is 0.147. The molecule has 0 N–H and O–H groups in total. The van der Waals surface area contributed by atoms with Crippen molar-refractivity contribution in [3.8, 4) is 27.6 Å². The van der Waals surface area contributed by atoms with Crippen molar-refractivity contribution in [1.82, 2.24) is 4.98 Å². The van der Waals surface area contributed by atoms with Crippen molar-refractivity contribution in [2.75, 3.05) is 4.90 Å². The number of ether oxygens (including phenoxy) is 1. The average Bonchev–Trinajstić information content (AvgIpc) is 3.32. The quantitative estimate of drug-likeness (QED) is 0.362. The lowest BCUT2D eigenvalue weighted by Gasteiger charge is -2.34. The molecule has 1 aliphatic rings. The fraction of sp³-hybridized carbons (Fsp3) is 0.154. The van der Waals surface area contributed by atoms with E-state index < -0.39 is 6.10 Å². The predicted molar refractivity (Wildman–Crippen MR) is 125 cm³/mol. The van der Waals surface area contributed by atoms with Gasteiger partial charge in [-0.05, 0) is 30.7 Å². The lowest BCUT2D eigenvalue weighted by atomic mass is 10.1. The van der Waals surface area contributed by atoms with Crippen LogP contribution in [0.2, 0.25) is 0 Å². The molecular formula is C26H21FN2O2S. The second-order valence-electron chi connectivity index (χ2n) is 7.62. The number of thiazole rings is 1. The third kappa shape index (κ3) is 3.78. The molecule has 2 heterocycles. The van der Waals surface area contributed by atoms with Crippen LogP contribution in [0.5, 0.6) is 5.75 Å². The van der Waals surface area contributed by atoms with Gasteiger partial charge in [-0.25, -0.2) is 9.37 Å². The van der Waals surface area contributed by atoms with E-state index in [1.807, 2.05) is 60.8 Å². The van der Waals surface area contributed by atoms with Crippen molar-refractivity contribution < 1.29 is 13.9 Å². The Morgan fingerprint density at radius 2 is 1.81 bits per heavy atom. The van der Waals surface area contributed by atoms with Gasteiger partial charge < -0.3 is 9.64 Å². The van der Waals surface area contributed by atoms with Crippen LogP contribution in [-0.2, 0) is 11.3 Å². The molecule has 0 fully saturated rings. The minimum atomic E-state index is -0.580. The maximum absolute atomic E-state index is 14.4. The summed E-state index contributed by atoms with van der Waals surface area (Å²) in [5, 5.41) is 2.94. The van der Waals surface area contributed by atoms with Crippen LogP contribution >= 0.6 is 11.3 Å². The van der Waals surface area contributed by atoms with Crippen molar-refractivity contribution in [1.29, 1.82) is 0 Å². The molecule has 1 atom stereocenters. The Hall–Kier alpha value is -3.51. The van der Waals surface area contributed by atoms with Gasteiger partial charge in [0.05, 0.1) is 17.9 Å². The molecule has 0 saturated carbocycles. The van der Waals surface area contributed by atoms with Crippen LogP contribution in [0, 0.1) is 5.82 Å². The summed E-state index contributed by atoms with van der Waals surface area (Å²) in [5.74, 6) is 0.128. The standard InChI is InChI=1S/C26H21FN2O2S/c1-2-23-26(30)29(15-19-10-6-7-11-20(19)27)22-14-18(12-13-24(22)31-23)21-16-32-25(28-21)17-8-4-3-5-9-17/h3-14,16,23H,2,15H2,1H3. The number of anilines is 1. The maximum atomic E-state index is 14.4. The van der Waals surface area contributed by atoms with Gasteiger partial charge in [0.25, 0.3) is 5.91 Å². The zero-order valence-corrected chi connectivity index (χ0v) is 18.3. The first-order valence-electron chi connectivity index (χ1n) is 10.5. The highest BCUT2D eigenvalue weighted by atomic mass is 32.1. The number of amides is 1. The summed E-state index contributed by atoms with van der Waals surface area (Å²) in [5.41, 5.74) is 3.87. The Balaban J connectivity index is 1.53. The van der Waals surface area contributed by atoms with Gasteiger partial charge in [-0.3, -0.25) is 4.79 Å². The van der Waals surface area contributed by atoms with E-state index in [0.717, 1.165) is 21.8 Å². The molecule has 160 valence electrons. The molecule has 0 spiro atoms. The van der Waals surface area contributed by atoms with Crippen LogP contribution < -0.4 is 9.64 Å². The normalized spacial score (nSPS) is 15.4. The summed E-state index contributed by atoms with van der Waals surface area (Å²) in [6.45, 7) is 2.05. The smallest absolute Gasteiger partial charge is 0.268 e. The van der Waals surface area contributed by atoms with Crippen molar-refractivity contribution in [3.05, 3.63) is 89.6 Å². The van der Waals surface area contributed by atoms with E-state index in [-0.39, 0.29) is 18.3 Å². The largest absolute Gasteiger partial charge is 0.478 e. The Morgan fingerprint density at radius 3 is 2.59 bits per heavy atom. The number of aromatic nitrogens is 1. The highest BCUT2D eigenvalue weighted by molar-refractivity contribution is 7.13. The fourth-order valence-corrected chi connectivity index (χ4v) is 4.66. The first-order chi connectivity index (χ1) is 15.6. The lowest BCUT2D eigenvalue weighted by Crippen LogP contribution is -2.45. The minimum Gasteiger partial charge on any atom is -0.478 e. The third-order valence-electron chi connectivity index (χ3n) is 5.54. The molecular weight excluding hydrogens is 423 g/mol. The number of benzene rings is 3. The molecule has 1 unspecified atom stereocenters. The van der Waals surface area contributed by atoms with E-state index in [4.69, 9.17) is 9.72 Å². The SMILES string of the molecule is CCC1Oc2ccc(-c3csc(-c4ccccc4)n3)cc2N(Cc2ccccc2F)C1=O. The topological polar surface area (TPSA) is 42.4 Å². The van der Waals surface area contributed by atoms with E-state index in [9.17, 15) is 9.18 Å². The van der Waals surface area contributed by atoms with Crippen molar-refractivity contribution >= 4 is 22.9 Å². The molecule has 0 aliphatic carbocycles. The van der Waals surface area contributed by atoms with Crippen LogP contribution in [0.3, 0.4) is 0 Å². The van der Waals surface area contributed by atoms with E-state index in [2.05, 4.69) is 0 Å². The Labute approximate surface area is 189 Å². The Kier molecular flexibility index (Phi) is 5.45. The van der Waals surface area contributed by atoms with E-state index >= 15 is 0 Å². The zero-order valence-electron chi connectivity index (χ0n) is 17.5.